The summed E-state index contributed by atoms with van der Waals surface area (Å²) in [5, 5.41) is 0.0829. The van der Waals surface area contributed by atoms with Crippen molar-refractivity contribution >= 4 is 23.5 Å². The number of carbonyl (C=O) groups excluding carboxylic acids is 2. The minimum Gasteiger partial charge on any atom is -0.463 e. The Morgan fingerprint density at radius 1 is 1.15 bits per heavy atom. The molecule has 114 valence electrons. The van der Waals surface area contributed by atoms with Gasteiger partial charge in [-0.15, -0.1) is 11.6 Å². The van der Waals surface area contributed by atoms with E-state index in [2.05, 4.69) is 0 Å². The third-order valence-corrected chi connectivity index (χ3v) is 3.93. The molecule has 1 aliphatic carbocycles. The van der Waals surface area contributed by atoms with Crippen LogP contribution in [0.2, 0.25) is 0 Å². The summed E-state index contributed by atoms with van der Waals surface area (Å²) in [5.41, 5.74) is 0. The molecule has 0 aliphatic heterocycles. The molecule has 1 fully saturated rings. The zero-order valence-corrected chi connectivity index (χ0v) is 12.7. The number of ether oxygens (including phenoxy) is 2. The number of hydrogen-bond acceptors (Lipinski definition) is 4. The summed E-state index contributed by atoms with van der Waals surface area (Å²) in [6, 6.07) is 0. The Morgan fingerprint density at radius 2 is 1.80 bits per heavy atom. The normalized spacial score (nSPS) is 22.7. The van der Waals surface area contributed by atoms with Gasteiger partial charge in [0.15, 0.2) is 0 Å². The Balaban J connectivity index is 2.20. The number of unbranched alkanes of at least 4 members (excludes halogenated alkanes) is 1. The number of rotatable bonds is 7. The largest absolute Gasteiger partial charge is 0.463 e. The van der Waals surface area contributed by atoms with E-state index in [1.807, 2.05) is 6.92 Å². The molecule has 20 heavy (non-hydrogen) atoms. The van der Waals surface area contributed by atoms with Gasteiger partial charge in [0.05, 0.1) is 13.2 Å². The van der Waals surface area contributed by atoms with Crippen molar-refractivity contribution < 1.29 is 19.1 Å². The first-order chi connectivity index (χ1) is 9.63. The predicted octanol–water partition coefficient (Wildman–Crippen LogP) is 3.23. The summed E-state index contributed by atoms with van der Waals surface area (Å²) in [6.07, 6.45) is 8.24. The van der Waals surface area contributed by atoms with Crippen LogP contribution in [-0.4, -0.2) is 30.5 Å². The molecule has 1 aliphatic rings. The highest BCUT2D eigenvalue weighted by Crippen LogP contribution is 2.28. The Hall–Kier alpha value is -1.03. The van der Waals surface area contributed by atoms with Gasteiger partial charge in [-0.05, 0) is 19.3 Å². The summed E-state index contributed by atoms with van der Waals surface area (Å²) in [5.74, 6) is -0.811. The molecule has 2 unspecified atom stereocenters. The number of hydrogen-bond donors (Lipinski definition) is 0. The molecule has 0 amide bonds. The maximum absolute atomic E-state index is 11.5. The topological polar surface area (TPSA) is 52.6 Å². The Bertz CT molecular complexity index is 341. The van der Waals surface area contributed by atoms with E-state index in [0.717, 1.165) is 50.7 Å². The molecule has 0 N–H and O–H groups in total. The maximum atomic E-state index is 11.5. The van der Waals surface area contributed by atoms with Gasteiger partial charge in [0.1, 0.15) is 0 Å². The van der Waals surface area contributed by atoms with Crippen molar-refractivity contribution in [2.75, 3.05) is 13.2 Å². The van der Waals surface area contributed by atoms with E-state index in [9.17, 15) is 9.59 Å². The van der Waals surface area contributed by atoms with Crippen molar-refractivity contribution in [3.63, 3.8) is 0 Å². The highest BCUT2D eigenvalue weighted by Gasteiger charge is 2.24. The van der Waals surface area contributed by atoms with Crippen LogP contribution < -0.4 is 0 Å². The lowest BCUT2D eigenvalue weighted by Crippen LogP contribution is -2.25. The van der Waals surface area contributed by atoms with Crippen molar-refractivity contribution in [2.24, 2.45) is 5.92 Å². The molecule has 0 radical (unpaired) electrons. The summed E-state index contributed by atoms with van der Waals surface area (Å²) in [4.78, 5) is 22.7. The molecular weight excluding hydrogens is 280 g/mol. The molecule has 0 aromatic carbocycles. The van der Waals surface area contributed by atoms with E-state index in [0.29, 0.717) is 13.2 Å². The van der Waals surface area contributed by atoms with E-state index >= 15 is 0 Å². The Labute approximate surface area is 125 Å². The fourth-order valence-electron chi connectivity index (χ4n) is 2.09. The van der Waals surface area contributed by atoms with Gasteiger partial charge in [-0.2, -0.15) is 0 Å². The number of esters is 2. The molecule has 1 rings (SSSR count). The quantitative estimate of drug-likeness (QED) is 0.313. The first-order valence-corrected chi connectivity index (χ1v) is 7.72. The van der Waals surface area contributed by atoms with Gasteiger partial charge < -0.3 is 9.47 Å². The van der Waals surface area contributed by atoms with E-state index < -0.39 is 11.9 Å². The van der Waals surface area contributed by atoms with Crippen LogP contribution in [0.25, 0.3) is 0 Å². The number of alkyl halides is 1. The minimum atomic E-state index is -0.521. The van der Waals surface area contributed by atoms with Crippen molar-refractivity contribution in [1.82, 2.24) is 0 Å². The summed E-state index contributed by atoms with van der Waals surface area (Å²) >= 11 is 6.18. The van der Waals surface area contributed by atoms with Gasteiger partial charge >= 0.3 is 11.9 Å². The van der Waals surface area contributed by atoms with Crippen LogP contribution in [0.15, 0.2) is 12.2 Å². The zero-order valence-electron chi connectivity index (χ0n) is 12.0. The minimum absolute atomic E-state index is 0.0829. The summed E-state index contributed by atoms with van der Waals surface area (Å²) in [6.45, 7) is 2.71. The SMILES string of the molecule is CCCCOC(=O)/C=C/C(=O)OCC1CCCCC1Cl. The molecule has 0 spiro atoms. The fourth-order valence-corrected chi connectivity index (χ4v) is 2.44. The van der Waals surface area contributed by atoms with Gasteiger partial charge in [-0.3, -0.25) is 0 Å². The van der Waals surface area contributed by atoms with Crippen molar-refractivity contribution in [3.05, 3.63) is 12.2 Å². The second-order valence-electron chi connectivity index (χ2n) is 5.04. The first kappa shape index (κ1) is 17.0. The fraction of sp³-hybridized carbons (Fsp3) is 0.733. The lowest BCUT2D eigenvalue weighted by molar-refractivity contribution is -0.141. The number of halogens is 1. The average molecular weight is 303 g/mol. The van der Waals surface area contributed by atoms with Crippen LogP contribution >= 0.6 is 11.6 Å². The Morgan fingerprint density at radius 3 is 2.45 bits per heavy atom. The molecule has 0 aromatic rings. The van der Waals surface area contributed by atoms with Gasteiger partial charge in [-0.25, -0.2) is 9.59 Å². The van der Waals surface area contributed by atoms with Gasteiger partial charge in [0, 0.05) is 23.4 Å². The molecule has 0 bridgehead atoms. The van der Waals surface area contributed by atoms with Crippen LogP contribution in [-0.2, 0) is 19.1 Å². The summed E-state index contributed by atoms with van der Waals surface area (Å²) < 4.78 is 10.00. The highest BCUT2D eigenvalue weighted by atomic mass is 35.5. The van der Waals surface area contributed by atoms with Gasteiger partial charge in [0.25, 0.3) is 0 Å². The molecule has 1 saturated carbocycles. The molecule has 0 aromatic heterocycles. The lowest BCUT2D eigenvalue weighted by Gasteiger charge is -2.26. The van der Waals surface area contributed by atoms with Crippen molar-refractivity contribution in [1.29, 1.82) is 0 Å². The standard InChI is InChI=1S/C15H23ClO4/c1-2-3-10-19-14(17)8-9-15(18)20-11-12-6-4-5-7-13(12)16/h8-9,12-13H,2-7,10-11H2,1H3/b9-8+. The van der Waals surface area contributed by atoms with Crippen LogP contribution in [0, 0.1) is 5.92 Å². The average Bonchev–Trinajstić information content (AvgIpc) is 2.44. The highest BCUT2D eigenvalue weighted by molar-refractivity contribution is 6.20. The zero-order chi connectivity index (χ0) is 14.8. The smallest absolute Gasteiger partial charge is 0.331 e. The third kappa shape index (κ3) is 6.94. The first-order valence-electron chi connectivity index (χ1n) is 7.29. The monoisotopic (exact) mass is 302 g/mol. The van der Waals surface area contributed by atoms with Crippen LogP contribution in [0.3, 0.4) is 0 Å². The van der Waals surface area contributed by atoms with Crippen molar-refractivity contribution in [2.45, 2.75) is 50.8 Å². The van der Waals surface area contributed by atoms with E-state index in [4.69, 9.17) is 21.1 Å². The predicted molar refractivity (Wildman–Crippen MR) is 77.6 cm³/mol. The van der Waals surface area contributed by atoms with Crippen LogP contribution in [0.5, 0.6) is 0 Å². The lowest BCUT2D eigenvalue weighted by atomic mass is 9.89. The Kier molecular flexibility index (Phi) is 8.35. The molecule has 0 heterocycles. The van der Waals surface area contributed by atoms with E-state index in [-0.39, 0.29) is 11.3 Å². The van der Waals surface area contributed by atoms with Crippen LogP contribution in [0.4, 0.5) is 0 Å². The molecular formula is C15H23ClO4. The van der Waals surface area contributed by atoms with Crippen LogP contribution in [0.1, 0.15) is 45.4 Å². The van der Waals surface area contributed by atoms with Crippen molar-refractivity contribution in [3.8, 4) is 0 Å². The summed E-state index contributed by atoms with van der Waals surface area (Å²) in [7, 11) is 0. The van der Waals surface area contributed by atoms with Gasteiger partial charge in [-0.1, -0.05) is 26.2 Å². The molecule has 2 atom stereocenters. The van der Waals surface area contributed by atoms with E-state index in [1.165, 1.54) is 0 Å². The molecule has 4 nitrogen and oxygen atoms in total. The molecule has 0 saturated heterocycles. The van der Waals surface area contributed by atoms with Gasteiger partial charge in [0.2, 0.25) is 0 Å². The van der Waals surface area contributed by atoms with E-state index in [1.54, 1.807) is 0 Å². The third-order valence-electron chi connectivity index (χ3n) is 3.35. The second kappa shape index (κ2) is 9.81. The maximum Gasteiger partial charge on any atom is 0.331 e. The molecule has 5 heteroatoms. The second-order valence-corrected chi connectivity index (χ2v) is 5.61. The number of carbonyl (C=O) groups is 2.